The molecule has 0 atom stereocenters. The van der Waals surface area contributed by atoms with Crippen LogP contribution in [0.4, 0.5) is 5.69 Å². The molecule has 2 rings (SSSR count). The summed E-state index contributed by atoms with van der Waals surface area (Å²) in [6.45, 7) is 4.93. The molecule has 0 unspecified atom stereocenters. The Morgan fingerprint density at radius 1 is 1.50 bits per heavy atom. The van der Waals surface area contributed by atoms with Gasteiger partial charge in [-0.1, -0.05) is 12.1 Å². The number of hydrogen-bond acceptors (Lipinski definition) is 3. The molecule has 1 aliphatic heterocycles. The number of hydrogen-bond donors (Lipinski definition) is 2. The topological polar surface area (TPSA) is 58.4 Å². The van der Waals surface area contributed by atoms with Crippen LogP contribution >= 0.6 is 0 Å². The lowest BCUT2D eigenvalue weighted by Crippen LogP contribution is -2.57. The van der Waals surface area contributed by atoms with Crippen molar-refractivity contribution in [1.29, 1.82) is 0 Å². The first-order chi connectivity index (χ1) is 7.74. The van der Waals surface area contributed by atoms with Gasteiger partial charge >= 0.3 is 0 Å². The average molecular weight is 219 g/mol. The first kappa shape index (κ1) is 11.0. The van der Waals surface area contributed by atoms with Gasteiger partial charge in [0.1, 0.15) is 0 Å². The van der Waals surface area contributed by atoms with E-state index in [4.69, 9.17) is 5.73 Å². The smallest absolute Gasteiger partial charge is 0.250 e. The molecule has 0 aromatic heterocycles. The molecule has 1 aromatic rings. The molecule has 0 spiro atoms. The monoisotopic (exact) mass is 219 g/mol. The first-order valence-corrected chi connectivity index (χ1v) is 5.60. The third-order valence-corrected chi connectivity index (χ3v) is 3.02. The van der Waals surface area contributed by atoms with Crippen molar-refractivity contribution in [2.45, 2.75) is 13.0 Å². The molecule has 1 heterocycles. The molecule has 16 heavy (non-hydrogen) atoms. The van der Waals surface area contributed by atoms with Gasteiger partial charge in [-0.2, -0.15) is 0 Å². The van der Waals surface area contributed by atoms with Crippen LogP contribution in [-0.2, 0) is 0 Å². The molecule has 1 aliphatic rings. The maximum atomic E-state index is 11.4. The van der Waals surface area contributed by atoms with Crippen molar-refractivity contribution in [2.24, 2.45) is 5.73 Å². The van der Waals surface area contributed by atoms with Crippen LogP contribution in [0.3, 0.4) is 0 Å². The zero-order valence-corrected chi connectivity index (χ0v) is 9.44. The van der Waals surface area contributed by atoms with Crippen LogP contribution < -0.4 is 16.0 Å². The Bertz CT molecular complexity index is 388. The number of carbonyl (C=O) groups excluding carboxylic acids is 1. The van der Waals surface area contributed by atoms with E-state index in [1.165, 1.54) is 0 Å². The van der Waals surface area contributed by atoms with Gasteiger partial charge in [-0.25, -0.2) is 0 Å². The van der Waals surface area contributed by atoms with Gasteiger partial charge in [-0.05, 0) is 19.1 Å². The van der Waals surface area contributed by atoms with Crippen LogP contribution in [0.15, 0.2) is 24.3 Å². The lowest BCUT2D eigenvalue weighted by atomic mass is 10.1. The van der Waals surface area contributed by atoms with E-state index in [0.29, 0.717) is 11.6 Å². The molecular formula is C12H17N3O. The fraction of sp³-hybridized carbons (Fsp3) is 0.417. The van der Waals surface area contributed by atoms with E-state index >= 15 is 0 Å². The average Bonchev–Trinajstić information content (AvgIpc) is 2.23. The summed E-state index contributed by atoms with van der Waals surface area (Å²) in [5.41, 5.74) is 6.94. The molecule has 1 saturated heterocycles. The number of carbonyl (C=O) groups is 1. The predicted octanol–water partition coefficient (Wildman–Crippen LogP) is 0.584. The number of anilines is 1. The van der Waals surface area contributed by atoms with Crippen LogP contribution in [0, 0.1) is 0 Å². The summed E-state index contributed by atoms with van der Waals surface area (Å²) < 4.78 is 0. The second kappa shape index (κ2) is 4.53. The van der Waals surface area contributed by atoms with Crippen molar-refractivity contribution in [3.8, 4) is 0 Å². The predicted molar refractivity (Wildman–Crippen MR) is 64.6 cm³/mol. The number of para-hydroxylation sites is 1. The second-order valence-electron chi connectivity index (χ2n) is 3.98. The molecule has 86 valence electrons. The summed E-state index contributed by atoms with van der Waals surface area (Å²) in [7, 11) is 0. The van der Waals surface area contributed by atoms with Gasteiger partial charge in [0.2, 0.25) is 0 Å². The Morgan fingerprint density at radius 3 is 2.69 bits per heavy atom. The number of likely N-dealkylation sites (N-methyl/N-ethyl adjacent to an activating group) is 1. The third kappa shape index (κ3) is 1.88. The fourth-order valence-corrected chi connectivity index (χ4v) is 2.05. The highest BCUT2D eigenvalue weighted by molar-refractivity contribution is 5.98. The van der Waals surface area contributed by atoms with E-state index in [1.807, 2.05) is 18.2 Å². The Balaban J connectivity index is 2.32. The van der Waals surface area contributed by atoms with E-state index in [-0.39, 0.29) is 5.91 Å². The Hall–Kier alpha value is -1.55. The molecule has 1 amide bonds. The molecule has 0 radical (unpaired) electrons. The van der Waals surface area contributed by atoms with Gasteiger partial charge in [0.15, 0.2) is 0 Å². The standard InChI is InChI=1S/C12H17N3O/c1-2-15(9-7-14-8-9)11-6-4-3-5-10(11)12(13)16/h3-6,9,14H,2,7-8H2,1H3,(H2,13,16). The summed E-state index contributed by atoms with van der Waals surface area (Å²) in [5, 5.41) is 3.24. The lowest BCUT2D eigenvalue weighted by Gasteiger charge is -2.39. The van der Waals surface area contributed by atoms with Crippen LogP contribution in [0.5, 0.6) is 0 Å². The summed E-state index contributed by atoms with van der Waals surface area (Å²) in [6, 6.07) is 8.01. The third-order valence-electron chi connectivity index (χ3n) is 3.02. The molecule has 1 aromatic carbocycles. The number of rotatable bonds is 4. The zero-order valence-electron chi connectivity index (χ0n) is 9.44. The summed E-state index contributed by atoms with van der Waals surface area (Å²) in [4.78, 5) is 13.6. The SMILES string of the molecule is CCN(c1ccccc1C(N)=O)C1CNC1. The van der Waals surface area contributed by atoms with Crippen molar-refractivity contribution < 1.29 is 4.79 Å². The molecule has 1 fully saturated rings. The number of amides is 1. The maximum Gasteiger partial charge on any atom is 0.250 e. The van der Waals surface area contributed by atoms with Crippen molar-refractivity contribution in [1.82, 2.24) is 5.32 Å². The highest BCUT2D eigenvalue weighted by Gasteiger charge is 2.25. The largest absolute Gasteiger partial charge is 0.366 e. The van der Waals surface area contributed by atoms with Crippen molar-refractivity contribution >= 4 is 11.6 Å². The highest BCUT2D eigenvalue weighted by Crippen LogP contribution is 2.23. The van der Waals surface area contributed by atoms with E-state index in [0.717, 1.165) is 25.3 Å². The number of nitrogens with two attached hydrogens (primary N) is 1. The van der Waals surface area contributed by atoms with Gasteiger partial charge in [-0.3, -0.25) is 4.79 Å². The quantitative estimate of drug-likeness (QED) is 0.779. The number of nitrogens with one attached hydrogen (secondary N) is 1. The Kier molecular flexibility index (Phi) is 3.10. The van der Waals surface area contributed by atoms with Crippen LogP contribution in [0.2, 0.25) is 0 Å². The van der Waals surface area contributed by atoms with Crippen LogP contribution in [0.25, 0.3) is 0 Å². The summed E-state index contributed by atoms with van der Waals surface area (Å²) in [5.74, 6) is -0.360. The normalized spacial score (nSPS) is 15.6. The highest BCUT2D eigenvalue weighted by atomic mass is 16.1. The van der Waals surface area contributed by atoms with E-state index in [2.05, 4.69) is 17.1 Å². The first-order valence-electron chi connectivity index (χ1n) is 5.60. The van der Waals surface area contributed by atoms with Crippen molar-refractivity contribution in [3.63, 3.8) is 0 Å². The minimum absolute atomic E-state index is 0.360. The molecule has 0 bridgehead atoms. The fourth-order valence-electron chi connectivity index (χ4n) is 2.05. The van der Waals surface area contributed by atoms with E-state index in [1.54, 1.807) is 6.07 Å². The zero-order chi connectivity index (χ0) is 11.5. The van der Waals surface area contributed by atoms with Crippen LogP contribution in [0.1, 0.15) is 17.3 Å². The van der Waals surface area contributed by atoms with Gasteiger partial charge in [0, 0.05) is 25.3 Å². The molecule has 0 saturated carbocycles. The maximum absolute atomic E-state index is 11.4. The van der Waals surface area contributed by atoms with Gasteiger partial charge in [0.05, 0.1) is 11.6 Å². The lowest BCUT2D eigenvalue weighted by molar-refractivity contribution is 0.100. The second-order valence-corrected chi connectivity index (χ2v) is 3.98. The van der Waals surface area contributed by atoms with E-state index < -0.39 is 0 Å². The molecule has 4 heteroatoms. The van der Waals surface area contributed by atoms with Crippen molar-refractivity contribution in [2.75, 3.05) is 24.5 Å². The van der Waals surface area contributed by atoms with E-state index in [9.17, 15) is 4.79 Å². The molecule has 3 N–H and O–H groups in total. The molecular weight excluding hydrogens is 202 g/mol. The minimum Gasteiger partial charge on any atom is -0.366 e. The number of nitrogens with zero attached hydrogens (tertiary/aromatic N) is 1. The minimum atomic E-state index is -0.360. The van der Waals surface area contributed by atoms with Crippen molar-refractivity contribution in [3.05, 3.63) is 29.8 Å². The Morgan fingerprint density at radius 2 is 2.19 bits per heavy atom. The van der Waals surface area contributed by atoms with Gasteiger partial charge < -0.3 is 16.0 Å². The molecule has 0 aliphatic carbocycles. The van der Waals surface area contributed by atoms with Gasteiger partial charge in [0.25, 0.3) is 5.91 Å². The Labute approximate surface area is 95.4 Å². The summed E-state index contributed by atoms with van der Waals surface area (Å²) >= 11 is 0. The van der Waals surface area contributed by atoms with Gasteiger partial charge in [-0.15, -0.1) is 0 Å². The number of benzene rings is 1. The molecule has 4 nitrogen and oxygen atoms in total. The number of primary amides is 1. The van der Waals surface area contributed by atoms with Crippen LogP contribution in [-0.4, -0.2) is 31.6 Å². The summed E-state index contributed by atoms with van der Waals surface area (Å²) in [6.07, 6.45) is 0.